The van der Waals surface area contributed by atoms with Crippen LogP contribution in [0.2, 0.25) is 0 Å². The van der Waals surface area contributed by atoms with E-state index in [2.05, 4.69) is 35.9 Å². The largest absolute Gasteiger partial charge is 0.342 e. The third kappa shape index (κ3) is 4.37. The molecule has 6 heteroatoms. The van der Waals surface area contributed by atoms with Crippen molar-refractivity contribution in [3.8, 4) is 0 Å². The number of aryl methyl sites for hydroxylation is 1. The van der Waals surface area contributed by atoms with Gasteiger partial charge in [0.2, 0.25) is 5.91 Å². The van der Waals surface area contributed by atoms with Crippen molar-refractivity contribution in [1.29, 1.82) is 0 Å². The highest BCUT2D eigenvalue weighted by Gasteiger charge is 2.36. The number of nitrogens with one attached hydrogen (secondary N) is 1. The number of likely N-dealkylation sites (N-methyl/N-ethyl adjacent to an activating group) is 1. The number of rotatable bonds is 5. The number of amides is 1. The van der Waals surface area contributed by atoms with E-state index in [0.717, 1.165) is 36.3 Å². The van der Waals surface area contributed by atoms with Gasteiger partial charge < -0.3 is 10.2 Å². The Balaban J connectivity index is 0.00000225. The minimum absolute atomic E-state index is 0. The zero-order valence-corrected chi connectivity index (χ0v) is 17.0. The third-order valence-electron chi connectivity index (χ3n) is 5.79. The lowest BCUT2D eigenvalue weighted by molar-refractivity contribution is -0.131. The molecule has 2 bridgehead atoms. The molecular formula is C19H33ClN4O. The fourth-order valence-electron chi connectivity index (χ4n) is 4.34. The molecule has 2 unspecified atom stereocenters. The first-order valence-electron chi connectivity index (χ1n) is 9.39. The van der Waals surface area contributed by atoms with Gasteiger partial charge in [-0.3, -0.25) is 9.48 Å². The molecular weight excluding hydrogens is 336 g/mol. The topological polar surface area (TPSA) is 50.2 Å². The van der Waals surface area contributed by atoms with E-state index < -0.39 is 0 Å². The first kappa shape index (κ1) is 20.2. The van der Waals surface area contributed by atoms with Gasteiger partial charge in [-0.25, -0.2) is 0 Å². The minimum atomic E-state index is 0. The Morgan fingerprint density at radius 1 is 1.28 bits per heavy atom. The zero-order chi connectivity index (χ0) is 17.4. The summed E-state index contributed by atoms with van der Waals surface area (Å²) in [4.78, 5) is 14.9. The van der Waals surface area contributed by atoms with Crippen LogP contribution in [-0.2, 0) is 17.8 Å². The second-order valence-electron chi connectivity index (χ2n) is 8.17. The molecule has 0 spiro atoms. The quantitative estimate of drug-likeness (QED) is 0.869. The normalized spacial score (nSPS) is 25.1. The molecule has 0 aromatic carbocycles. The maximum atomic E-state index is 12.8. The summed E-state index contributed by atoms with van der Waals surface area (Å²) in [7, 11) is 1.99. The predicted molar refractivity (Wildman–Crippen MR) is 103 cm³/mol. The number of fused-ring (bicyclic) bond motifs is 2. The highest BCUT2D eigenvalue weighted by molar-refractivity contribution is 5.85. The van der Waals surface area contributed by atoms with E-state index in [1.807, 2.05) is 18.9 Å². The lowest BCUT2D eigenvalue weighted by Gasteiger charge is -2.35. The van der Waals surface area contributed by atoms with Gasteiger partial charge in [0, 0.05) is 43.0 Å². The van der Waals surface area contributed by atoms with Crippen LogP contribution in [0.15, 0.2) is 0 Å². The monoisotopic (exact) mass is 368 g/mol. The van der Waals surface area contributed by atoms with E-state index in [1.165, 1.54) is 12.8 Å². The molecule has 2 saturated heterocycles. The Labute approximate surface area is 157 Å². The van der Waals surface area contributed by atoms with Crippen LogP contribution >= 0.6 is 12.4 Å². The van der Waals surface area contributed by atoms with Crippen molar-refractivity contribution in [3.05, 3.63) is 17.0 Å². The van der Waals surface area contributed by atoms with E-state index >= 15 is 0 Å². The van der Waals surface area contributed by atoms with Crippen molar-refractivity contribution >= 4 is 18.3 Å². The van der Waals surface area contributed by atoms with Crippen LogP contribution in [0.1, 0.15) is 56.5 Å². The number of hydrogen-bond donors (Lipinski definition) is 1. The molecule has 0 saturated carbocycles. The standard InChI is InChI=1S/C19H32N4O.ClH/c1-12(2)11-23-14(4)18(13(3)21-23)10-19(24)22(5)17-8-15-6-7-16(9-17)20-15;/h12,15-17,20H,6-11H2,1-5H3;1H. The first-order chi connectivity index (χ1) is 11.3. The Morgan fingerprint density at radius 2 is 1.88 bits per heavy atom. The SMILES string of the molecule is Cc1nn(CC(C)C)c(C)c1CC(=O)N(C)C1CC2CCC(C1)N2.Cl. The summed E-state index contributed by atoms with van der Waals surface area (Å²) in [5.74, 6) is 0.788. The molecule has 25 heavy (non-hydrogen) atoms. The fraction of sp³-hybridized carbons (Fsp3) is 0.789. The van der Waals surface area contributed by atoms with E-state index in [0.29, 0.717) is 30.5 Å². The molecule has 2 aliphatic heterocycles. The van der Waals surface area contributed by atoms with Crippen LogP contribution in [0.3, 0.4) is 0 Å². The minimum Gasteiger partial charge on any atom is -0.342 e. The highest BCUT2D eigenvalue weighted by atomic mass is 35.5. The summed E-state index contributed by atoms with van der Waals surface area (Å²) in [5.41, 5.74) is 3.26. The third-order valence-corrected chi connectivity index (χ3v) is 5.79. The van der Waals surface area contributed by atoms with Crippen molar-refractivity contribution in [1.82, 2.24) is 20.0 Å². The summed E-state index contributed by atoms with van der Waals surface area (Å²) in [5, 5.41) is 8.30. The molecule has 3 heterocycles. The van der Waals surface area contributed by atoms with Gasteiger partial charge in [0.1, 0.15) is 0 Å². The van der Waals surface area contributed by atoms with Gasteiger partial charge in [-0.05, 0) is 45.4 Å². The average Bonchev–Trinajstić information content (AvgIpc) is 2.99. The molecule has 1 N–H and O–H groups in total. The van der Waals surface area contributed by atoms with Crippen molar-refractivity contribution in [2.24, 2.45) is 5.92 Å². The number of hydrogen-bond acceptors (Lipinski definition) is 3. The fourth-order valence-corrected chi connectivity index (χ4v) is 4.34. The van der Waals surface area contributed by atoms with Gasteiger partial charge in [0.25, 0.3) is 0 Å². The Kier molecular flexibility index (Phi) is 6.55. The van der Waals surface area contributed by atoms with Crippen LogP contribution < -0.4 is 5.32 Å². The number of aromatic nitrogens is 2. The molecule has 1 aromatic rings. The molecule has 2 atom stereocenters. The molecule has 0 aliphatic carbocycles. The lowest BCUT2D eigenvalue weighted by atomic mass is 9.98. The summed E-state index contributed by atoms with van der Waals surface area (Å²) in [6.45, 7) is 9.42. The van der Waals surface area contributed by atoms with Crippen molar-refractivity contribution in [3.63, 3.8) is 0 Å². The van der Waals surface area contributed by atoms with Crippen LogP contribution in [-0.4, -0.2) is 45.8 Å². The van der Waals surface area contributed by atoms with E-state index in [9.17, 15) is 4.79 Å². The Hall–Kier alpha value is -1.07. The molecule has 5 nitrogen and oxygen atoms in total. The number of nitrogens with zero attached hydrogens (tertiary/aromatic N) is 3. The smallest absolute Gasteiger partial charge is 0.227 e. The maximum Gasteiger partial charge on any atom is 0.227 e. The van der Waals surface area contributed by atoms with Gasteiger partial charge in [0.05, 0.1) is 12.1 Å². The van der Waals surface area contributed by atoms with E-state index in [1.54, 1.807) is 0 Å². The van der Waals surface area contributed by atoms with Crippen LogP contribution in [0, 0.1) is 19.8 Å². The maximum absolute atomic E-state index is 12.8. The van der Waals surface area contributed by atoms with Gasteiger partial charge in [-0.2, -0.15) is 5.10 Å². The second-order valence-corrected chi connectivity index (χ2v) is 8.17. The number of carbonyl (C=O) groups is 1. The summed E-state index contributed by atoms with van der Waals surface area (Å²) >= 11 is 0. The Morgan fingerprint density at radius 3 is 2.44 bits per heavy atom. The highest BCUT2D eigenvalue weighted by Crippen LogP contribution is 2.29. The summed E-state index contributed by atoms with van der Waals surface area (Å²) < 4.78 is 2.06. The number of halogens is 1. The predicted octanol–water partition coefficient (Wildman–Crippen LogP) is 2.86. The van der Waals surface area contributed by atoms with Gasteiger partial charge in [0.15, 0.2) is 0 Å². The van der Waals surface area contributed by atoms with Crippen molar-refractivity contribution in [2.45, 2.75) is 84.5 Å². The molecule has 0 radical (unpaired) electrons. The van der Waals surface area contributed by atoms with Crippen LogP contribution in [0.5, 0.6) is 0 Å². The van der Waals surface area contributed by atoms with Crippen molar-refractivity contribution in [2.75, 3.05) is 7.05 Å². The molecule has 3 rings (SSSR count). The van der Waals surface area contributed by atoms with Gasteiger partial charge in [-0.15, -0.1) is 12.4 Å². The van der Waals surface area contributed by atoms with Gasteiger partial charge in [-0.1, -0.05) is 13.8 Å². The number of piperidine rings is 1. The molecule has 1 amide bonds. The summed E-state index contributed by atoms with van der Waals surface area (Å²) in [6.07, 6.45) is 5.21. The number of carbonyl (C=O) groups excluding carboxylic acids is 1. The van der Waals surface area contributed by atoms with Gasteiger partial charge >= 0.3 is 0 Å². The van der Waals surface area contributed by atoms with Crippen LogP contribution in [0.4, 0.5) is 0 Å². The zero-order valence-electron chi connectivity index (χ0n) is 16.2. The second kappa shape index (κ2) is 8.09. The molecule has 2 fully saturated rings. The Bertz CT molecular complexity index is 601. The van der Waals surface area contributed by atoms with Crippen LogP contribution in [0.25, 0.3) is 0 Å². The van der Waals surface area contributed by atoms with E-state index in [4.69, 9.17) is 0 Å². The lowest BCUT2D eigenvalue weighted by Crippen LogP contribution is -2.49. The molecule has 1 aromatic heterocycles. The average molecular weight is 369 g/mol. The summed E-state index contributed by atoms with van der Waals surface area (Å²) in [6, 6.07) is 1.62. The molecule has 2 aliphatic rings. The molecule has 142 valence electrons. The van der Waals surface area contributed by atoms with E-state index in [-0.39, 0.29) is 18.3 Å². The van der Waals surface area contributed by atoms with Crippen molar-refractivity contribution < 1.29 is 4.79 Å². The first-order valence-corrected chi connectivity index (χ1v) is 9.39.